The van der Waals surface area contributed by atoms with Gasteiger partial charge in [-0.1, -0.05) is 204 Å². The predicted octanol–water partition coefficient (Wildman–Crippen LogP) is 15.7. The van der Waals surface area contributed by atoms with E-state index in [1.807, 2.05) is 60.7 Å². The van der Waals surface area contributed by atoms with Crippen LogP contribution < -0.4 is 0 Å². The van der Waals surface area contributed by atoms with E-state index in [4.69, 9.17) is 4.98 Å². The van der Waals surface area contributed by atoms with Crippen molar-refractivity contribution < 1.29 is 10.2 Å². The standard InChI is InChI=1S/C55H59NO2S/c1-52(2,3)36-27-34(28-37(31-36)53(4,5)6)40-23-17-25-45(49(40)57)42-19-13-15-21-44(42)48-33-59-51(56-48)47-22-16-14-20-43(47)46-26-18-24-41(50(46)58)35-29-38(54(7,8)9)32-39(30-35)55(10,11)12/h13-33,57-58H,1-12H3. The summed E-state index contributed by atoms with van der Waals surface area (Å²) in [6.07, 6.45) is 0. The fourth-order valence-electron chi connectivity index (χ4n) is 7.65. The number of hydrogen-bond acceptors (Lipinski definition) is 4. The van der Waals surface area contributed by atoms with Gasteiger partial charge in [-0.05, 0) is 66.2 Å². The molecule has 7 rings (SSSR count). The lowest BCUT2D eigenvalue weighted by Gasteiger charge is -2.26. The van der Waals surface area contributed by atoms with Gasteiger partial charge in [0.15, 0.2) is 0 Å². The van der Waals surface area contributed by atoms with Crippen molar-refractivity contribution in [1.29, 1.82) is 0 Å². The van der Waals surface area contributed by atoms with Gasteiger partial charge in [0, 0.05) is 38.8 Å². The zero-order chi connectivity index (χ0) is 42.7. The highest BCUT2D eigenvalue weighted by molar-refractivity contribution is 7.13. The summed E-state index contributed by atoms with van der Waals surface area (Å²) in [5.74, 6) is 0.510. The minimum absolute atomic E-state index is 0.0489. The summed E-state index contributed by atoms with van der Waals surface area (Å²) in [6, 6.07) is 42.0. The van der Waals surface area contributed by atoms with E-state index in [0.29, 0.717) is 0 Å². The Kier molecular flexibility index (Phi) is 10.8. The summed E-state index contributed by atoms with van der Waals surface area (Å²) < 4.78 is 0. The van der Waals surface area contributed by atoms with Crippen LogP contribution in [0.3, 0.4) is 0 Å². The summed E-state index contributed by atoms with van der Waals surface area (Å²) in [5.41, 5.74) is 14.5. The van der Waals surface area contributed by atoms with Gasteiger partial charge in [0.1, 0.15) is 16.5 Å². The largest absolute Gasteiger partial charge is 0.507 e. The minimum atomic E-state index is -0.0491. The van der Waals surface area contributed by atoms with Crippen molar-refractivity contribution in [2.24, 2.45) is 0 Å². The van der Waals surface area contributed by atoms with Crippen LogP contribution in [0.15, 0.2) is 127 Å². The monoisotopic (exact) mass is 797 g/mol. The summed E-state index contributed by atoms with van der Waals surface area (Å²) in [5, 5.41) is 27.1. The van der Waals surface area contributed by atoms with E-state index in [1.54, 1.807) is 11.3 Å². The van der Waals surface area contributed by atoms with Gasteiger partial charge >= 0.3 is 0 Å². The molecule has 3 nitrogen and oxygen atoms in total. The maximum atomic E-state index is 12.1. The molecule has 0 radical (unpaired) electrons. The maximum absolute atomic E-state index is 12.1. The second kappa shape index (κ2) is 15.3. The van der Waals surface area contributed by atoms with Gasteiger partial charge in [-0.25, -0.2) is 4.98 Å². The van der Waals surface area contributed by atoms with Gasteiger partial charge in [0.2, 0.25) is 0 Å². The van der Waals surface area contributed by atoms with Crippen LogP contribution in [0.5, 0.6) is 11.5 Å². The van der Waals surface area contributed by atoms with Crippen LogP contribution in [0.1, 0.15) is 105 Å². The summed E-state index contributed by atoms with van der Waals surface area (Å²) in [7, 11) is 0. The van der Waals surface area contributed by atoms with Crippen LogP contribution in [0.2, 0.25) is 0 Å². The average Bonchev–Trinajstić information content (AvgIpc) is 3.67. The average molecular weight is 798 g/mol. The number of aromatic nitrogens is 1. The first-order valence-electron chi connectivity index (χ1n) is 20.7. The third-order valence-electron chi connectivity index (χ3n) is 11.5. The Morgan fingerprint density at radius 2 is 0.695 bits per heavy atom. The molecule has 4 heteroatoms. The topological polar surface area (TPSA) is 53.4 Å². The van der Waals surface area contributed by atoms with E-state index < -0.39 is 0 Å². The number of phenols is 2. The second-order valence-corrected chi connectivity index (χ2v) is 21.0. The Morgan fingerprint density at radius 1 is 0.373 bits per heavy atom. The Morgan fingerprint density at radius 3 is 1.08 bits per heavy atom. The summed E-state index contributed by atoms with van der Waals surface area (Å²) >= 11 is 1.58. The first-order valence-corrected chi connectivity index (χ1v) is 21.6. The third-order valence-corrected chi connectivity index (χ3v) is 12.3. The lowest BCUT2D eigenvalue weighted by molar-refractivity contribution is 0.478. The lowest BCUT2D eigenvalue weighted by Crippen LogP contribution is -2.16. The molecule has 0 aliphatic rings. The van der Waals surface area contributed by atoms with Crippen LogP contribution in [0.4, 0.5) is 0 Å². The van der Waals surface area contributed by atoms with Crippen LogP contribution >= 0.6 is 11.3 Å². The molecule has 7 aromatic rings. The fourth-order valence-corrected chi connectivity index (χ4v) is 8.51. The number of benzene rings is 6. The first-order chi connectivity index (χ1) is 27.6. The highest BCUT2D eigenvalue weighted by Gasteiger charge is 2.25. The number of hydrogen-bond donors (Lipinski definition) is 2. The highest BCUT2D eigenvalue weighted by Crippen LogP contribution is 2.47. The van der Waals surface area contributed by atoms with Crippen LogP contribution in [0, 0.1) is 0 Å². The van der Waals surface area contributed by atoms with E-state index in [-0.39, 0.29) is 33.2 Å². The van der Waals surface area contributed by atoms with E-state index in [2.05, 4.69) is 149 Å². The number of nitrogens with zero attached hydrogens (tertiary/aromatic N) is 1. The molecule has 0 unspecified atom stereocenters. The van der Waals surface area contributed by atoms with E-state index in [0.717, 1.165) is 66.3 Å². The Balaban J connectivity index is 1.30. The predicted molar refractivity (Wildman–Crippen MR) is 253 cm³/mol. The maximum Gasteiger partial charge on any atom is 0.131 e. The molecule has 0 aliphatic heterocycles. The number of phenolic OH excluding ortho intramolecular Hbond substituents is 2. The third kappa shape index (κ3) is 8.52. The Hall–Kier alpha value is -5.45. The molecule has 6 aromatic carbocycles. The molecule has 0 bridgehead atoms. The van der Waals surface area contributed by atoms with Crippen molar-refractivity contribution in [3.05, 3.63) is 149 Å². The molecular weight excluding hydrogens is 739 g/mol. The fraction of sp³-hybridized carbons (Fsp3) is 0.291. The molecule has 0 saturated carbocycles. The van der Waals surface area contributed by atoms with Crippen molar-refractivity contribution >= 4 is 11.3 Å². The lowest BCUT2D eigenvalue weighted by atomic mass is 9.78. The summed E-state index contributed by atoms with van der Waals surface area (Å²) in [6.45, 7) is 26.8. The molecular formula is C55H59NO2S. The number of aromatic hydroxyl groups is 2. The van der Waals surface area contributed by atoms with E-state index >= 15 is 0 Å². The second-order valence-electron chi connectivity index (χ2n) is 20.1. The zero-order valence-corrected chi connectivity index (χ0v) is 37.7. The van der Waals surface area contributed by atoms with Gasteiger partial charge in [0.05, 0.1) is 5.69 Å². The van der Waals surface area contributed by atoms with Gasteiger partial charge in [0.25, 0.3) is 0 Å². The molecule has 2 N–H and O–H groups in total. The molecule has 1 aromatic heterocycles. The molecule has 0 atom stereocenters. The Labute approximate surface area is 356 Å². The van der Waals surface area contributed by atoms with Gasteiger partial charge in [-0.2, -0.15) is 0 Å². The van der Waals surface area contributed by atoms with E-state index in [9.17, 15) is 10.2 Å². The van der Waals surface area contributed by atoms with Gasteiger partial charge in [-0.15, -0.1) is 11.3 Å². The molecule has 1 heterocycles. The van der Waals surface area contributed by atoms with Crippen molar-refractivity contribution in [2.45, 2.75) is 105 Å². The molecule has 302 valence electrons. The number of thiazole rings is 1. The Bertz CT molecular complexity index is 2420. The SMILES string of the molecule is CC(C)(C)c1cc(-c2cccc(-c3ccccc3-c3csc(-c4ccccc4-c4cccc(-c5cc(C(C)(C)C)cc(C(C)(C)C)c5)c4O)n3)c2O)cc(C(C)(C)C)c1. The molecule has 0 fully saturated rings. The minimum Gasteiger partial charge on any atom is -0.507 e. The van der Waals surface area contributed by atoms with Crippen molar-refractivity contribution in [2.75, 3.05) is 0 Å². The quantitative estimate of drug-likeness (QED) is 0.176. The molecule has 0 saturated heterocycles. The summed E-state index contributed by atoms with van der Waals surface area (Å²) in [4.78, 5) is 5.25. The van der Waals surface area contributed by atoms with Gasteiger partial charge in [-0.3, -0.25) is 0 Å². The highest BCUT2D eigenvalue weighted by atomic mass is 32.1. The first kappa shape index (κ1) is 41.7. The molecule has 0 spiro atoms. The number of para-hydroxylation sites is 2. The molecule has 0 amide bonds. The van der Waals surface area contributed by atoms with Crippen LogP contribution in [0.25, 0.3) is 66.3 Å². The van der Waals surface area contributed by atoms with Crippen molar-refractivity contribution in [3.8, 4) is 77.8 Å². The molecule has 0 aliphatic carbocycles. The van der Waals surface area contributed by atoms with Crippen molar-refractivity contribution in [1.82, 2.24) is 4.98 Å². The molecule has 59 heavy (non-hydrogen) atoms. The number of rotatable bonds is 6. The van der Waals surface area contributed by atoms with Crippen LogP contribution in [-0.4, -0.2) is 15.2 Å². The van der Waals surface area contributed by atoms with E-state index in [1.165, 1.54) is 22.3 Å². The normalized spacial score (nSPS) is 12.5. The van der Waals surface area contributed by atoms with Gasteiger partial charge < -0.3 is 10.2 Å². The van der Waals surface area contributed by atoms with Crippen molar-refractivity contribution in [3.63, 3.8) is 0 Å². The smallest absolute Gasteiger partial charge is 0.131 e. The zero-order valence-electron chi connectivity index (χ0n) is 36.9. The van der Waals surface area contributed by atoms with Crippen LogP contribution in [-0.2, 0) is 21.7 Å².